The number of rotatable bonds is 1. The molecular formula is C13H15F4N. The number of nitrogens with two attached hydrogens (primary N) is 1. The molecule has 1 nitrogen and oxygen atoms in total. The van der Waals surface area contributed by atoms with Crippen LogP contribution < -0.4 is 5.73 Å². The van der Waals surface area contributed by atoms with E-state index in [4.69, 9.17) is 5.73 Å². The lowest BCUT2D eigenvalue weighted by Crippen LogP contribution is -2.39. The molecule has 0 saturated heterocycles. The van der Waals surface area contributed by atoms with Crippen molar-refractivity contribution in [2.75, 3.05) is 0 Å². The van der Waals surface area contributed by atoms with Crippen LogP contribution in [0.2, 0.25) is 0 Å². The van der Waals surface area contributed by atoms with Crippen LogP contribution in [0.5, 0.6) is 0 Å². The number of hydrogen-bond acceptors (Lipinski definition) is 1. The summed E-state index contributed by atoms with van der Waals surface area (Å²) in [6.45, 7) is 0. The molecule has 1 saturated carbocycles. The summed E-state index contributed by atoms with van der Waals surface area (Å²) in [6.07, 6.45) is -0.465. The monoisotopic (exact) mass is 261 g/mol. The van der Waals surface area contributed by atoms with Gasteiger partial charge in [0.15, 0.2) is 0 Å². The predicted molar refractivity (Wildman–Crippen MR) is 60.4 cm³/mol. The third-order valence-electron chi connectivity index (χ3n) is 3.58. The summed E-state index contributed by atoms with van der Waals surface area (Å²) in [4.78, 5) is 0. The van der Waals surface area contributed by atoms with Crippen LogP contribution in [0.15, 0.2) is 18.2 Å². The van der Waals surface area contributed by atoms with Gasteiger partial charge in [0.1, 0.15) is 5.82 Å². The molecule has 0 spiro atoms. The molecule has 2 rings (SSSR count). The molecule has 0 atom stereocenters. The summed E-state index contributed by atoms with van der Waals surface area (Å²) in [5.74, 6) is -0.853. The van der Waals surface area contributed by atoms with Crippen molar-refractivity contribution in [1.29, 1.82) is 0 Å². The molecule has 1 aromatic rings. The molecule has 0 aromatic heterocycles. The first kappa shape index (κ1) is 13.3. The zero-order chi connectivity index (χ0) is 13.4. The molecule has 0 heterocycles. The fourth-order valence-electron chi connectivity index (χ4n) is 2.55. The van der Waals surface area contributed by atoms with E-state index in [0.717, 1.165) is 25.3 Å². The molecule has 0 unspecified atom stereocenters. The van der Waals surface area contributed by atoms with Gasteiger partial charge < -0.3 is 5.73 Å². The van der Waals surface area contributed by atoms with E-state index in [2.05, 4.69) is 0 Å². The summed E-state index contributed by atoms with van der Waals surface area (Å²) in [6, 6.07) is 2.63. The molecule has 0 radical (unpaired) electrons. The zero-order valence-corrected chi connectivity index (χ0v) is 9.86. The zero-order valence-electron chi connectivity index (χ0n) is 9.86. The van der Waals surface area contributed by atoms with Gasteiger partial charge in [0.2, 0.25) is 0 Å². The number of hydrogen-bond donors (Lipinski definition) is 1. The highest BCUT2D eigenvalue weighted by Gasteiger charge is 2.35. The largest absolute Gasteiger partial charge is 0.416 e. The SMILES string of the molecule is NC1(c2ccc(C(F)(F)F)cc2F)CCCCC1. The normalized spacial score (nSPS) is 19.8. The predicted octanol–water partition coefficient (Wildman–Crippen LogP) is 3.96. The lowest BCUT2D eigenvalue weighted by Gasteiger charge is -2.34. The van der Waals surface area contributed by atoms with Gasteiger partial charge in [-0.25, -0.2) is 4.39 Å². The van der Waals surface area contributed by atoms with Gasteiger partial charge in [-0.05, 0) is 25.0 Å². The van der Waals surface area contributed by atoms with Gasteiger partial charge in [-0.15, -0.1) is 0 Å². The molecule has 1 aliphatic carbocycles. The van der Waals surface area contributed by atoms with Gasteiger partial charge in [-0.2, -0.15) is 13.2 Å². The first-order chi connectivity index (χ1) is 8.33. The number of alkyl halides is 3. The Hall–Kier alpha value is -1.10. The van der Waals surface area contributed by atoms with E-state index in [1.807, 2.05) is 0 Å². The van der Waals surface area contributed by atoms with E-state index in [0.29, 0.717) is 18.9 Å². The minimum Gasteiger partial charge on any atom is -0.321 e. The minimum atomic E-state index is -4.52. The number of benzene rings is 1. The van der Waals surface area contributed by atoms with E-state index in [1.54, 1.807) is 0 Å². The highest BCUT2D eigenvalue weighted by Crippen LogP contribution is 2.38. The van der Waals surface area contributed by atoms with E-state index < -0.39 is 23.1 Å². The molecule has 18 heavy (non-hydrogen) atoms. The van der Waals surface area contributed by atoms with Gasteiger partial charge in [-0.1, -0.05) is 25.3 Å². The first-order valence-corrected chi connectivity index (χ1v) is 5.99. The second-order valence-electron chi connectivity index (χ2n) is 4.91. The van der Waals surface area contributed by atoms with Crippen molar-refractivity contribution in [1.82, 2.24) is 0 Å². The van der Waals surface area contributed by atoms with Crippen LogP contribution >= 0.6 is 0 Å². The Morgan fingerprint density at radius 2 is 1.67 bits per heavy atom. The molecule has 1 aliphatic rings. The van der Waals surface area contributed by atoms with Crippen LogP contribution in [0.3, 0.4) is 0 Å². The van der Waals surface area contributed by atoms with Gasteiger partial charge in [-0.3, -0.25) is 0 Å². The summed E-state index contributed by atoms with van der Waals surface area (Å²) >= 11 is 0. The Kier molecular flexibility index (Phi) is 3.36. The fraction of sp³-hybridized carbons (Fsp3) is 0.538. The topological polar surface area (TPSA) is 26.0 Å². The average molecular weight is 261 g/mol. The molecule has 2 N–H and O–H groups in total. The highest BCUT2D eigenvalue weighted by molar-refractivity contribution is 5.31. The van der Waals surface area contributed by atoms with Gasteiger partial charge >= 0.3 is 6.18 Å². The molecule has 0 bridgehead atoms. The summed E-state index contributed by atoms with van der Waals surface area (Å²) in [7, 11) is 0. The number of halogens is 4. The highest BCUT2D eigenvalue weighted by atomic mass is 19.4. The van der Waals surface area contributed by atoms with Crippen LogP contribution in [-0.4, -0.2) is 0 Å². The van der Waals surface area contributed by atoms with E-state index in [-0.39, 0.29) is 5.56 Å². The Morgan fingerprint density at radius 1 is 1.06 bits per heavy atom. The average Bonchev–Trinajstić information content (AvgIpc) is 2.28. The first-order valence-electron chi connectivity index (χ1n) is 5.99. The maximum Gasteiger partial charge on any atom is 0.416 e. The second kappa shape index (κ2) is 4.53. The van der Waals surface area contributed by atoms with E-state index in [1.165, 1.54) is 6.07 Å². The quantitative estimate of drug-likeness (QED) is 0.761. The van der Waals surface area contributed by atoms with Crippen molar-refractivity contribution in [2.24, 2.45) is 5.73 Å². The van der Waals surface area contributed by atoms with E-state index in [9.17, 15) is 17.6 Å². The van der Waals surface area contributed by atoms with Crippen LogP contribution in [0.1, 0.15) is 43.2 Å². The summed E-state index contributed by atoms with van der Waals surface area (Å²) in [5.41, 5.74) is 4.54. The lowest BCUT2D eigenvalue weighted by atomic mass is 9.77. The van der Waals surface area contributed by atoms with Crippen molar-refractivity contribution in [3.05, 3.63) is 35.1 Å². The maximum atomic E-state index is 13.8. The van der Waals surface area contributed by atoms with Crippen molar-refractivity contribution in [3.8, 4) is 0 Å². The molecule has 0 aliphatic heterocycles. The Balaban J connectivity index is 2.35. The van der Waals surface area contributed by atoms with Crippen molar-refractivity contribution in [2.45, 2.75) is 43.8 Å². The summed E-state index contributed by atoms with van der Waals surface area (Å²) < 4.78 is 51.1. The van der Waals surface area contributed by atoms with Crippen molar-refractivity contribution in [3.63, 3.8) is 0 Å². The molecule has 100 valence electrons. The molecular weight excluding hydrogens is 246 g/mol. The van der Waals surface area contributed by atoms with Gasteiger partial charge in [0, 0.05) is 11.1 Å². The second-order valence-corrected chi connectivity index (χ2v) is 4.91. The molecule has 1 fully saturated rings. The third kappa shape index (κ3) is 2.51. The third-order valence-corrected chi connectivity index (χ3v) is 3.58. The Bertz CT molecular complexity index is 433. The Morgan fingerprint density at radius 3 is 2.17 bits per heavy atom. The van der Waals surface area contributed by atoms with Crippen molar-refractivity contribution < 1.29 is 17.6 Å². The van der Waals surface area contributed by atoms with E-state index >= 15 is 0 Å². The molecule has 5 heteroatoms. The summed E-state index contributed by atoms with van der Waals surface area (Å²) in [5, 5.41) is 0. The Labute approximate surface area is 103 Å². The molecule has 0 amide bonds. The lowest BCUT2D eigenvalue weighted by molar-refractivity contribution is -0.137. The maximum absolute atomic E-state index is 13.8. The van der Waals surface area contributed by atoms with Crippen LogP contribution in [0.25, 0.3) is 0 Å². The van der Waals surface area contributed by atoms with Gasteiger partial charge in [0.25, 0.3) is 0 Å². The van der Waals surface area contributed by atoms with Crippen molar-refractivity contribution >= 4 is 0 Å². The standard InChI is InChI=1S/C13H15F4N/c14-11-8-9(13(15,16)17)4-5-10(11)12(18)6-2-1-3-7-12/h4-5,8H,1-3,6-7,18H2. The fourth-order valence-corrected chi connectivity index (χ4v) is 2.55. The van der Waals surface area contributed by atoms with Crippen LogP contribution in [0, 0.1) is 5.82 Å². The molecule has 1 aromatic carbocycles. The smallest absolute Gasteiger partial charge is 0.321 e. The minimum absolute atomic E-state index is 0.204. The van der Waals surface area contributed by atoms with Crippen LogP contribution in [0.4, 0.5) is 17.6 Å². The van der Waals surface area contributed by atoms with Crippen LogP contribution in [-0.2, 0) is 11.7 Å². The van der Waals surface area contributed by atoms with Gasteiger partial charge in [0.05, 0.1) is 5.56 Å².